The second-order valence-corrected chi connectivity index (χ2v) is 7.13. The molecule has 0 unspecified atom stereocenters. The molecule has 1 fully saturated rings. The predicted octanol–water partition coefficient (Wildman–Crippen LogP) is 2.78. The topological polar surface area (TPSA) is 84.7 Å². The maximum Gasteiger partial charge on any atom is 0.243 e. The number of carbonyl (C=O) groups is 2. The van der Waals surface area contributed by atoms with E-state index in [1.165, 1.54) is 6.42 Å². The fraction of sp³-hybridized carbons (Fsp3) is 0.600. The molecule has 0 heterocycles. The number of nitrogens with two attached hydrogens (primary N) is 1. The molecule has 2 amide bonds. The molecule has 1 aliphatic rings. The van der Waals surface area contributed by atoms with Crippen molar-refractivity contribution in [2.24, 2.45) is 11.1 Å². The van der Waals surface area contributed by atoms with Crippen molar-refractivity contribution in [3.63, 3.8) is 0 Å². The Balaban J connectivity index is 1.94. The van der Waals surface area contributed by atoms with Crippen LogP contribution in [0.4, 0.5) is 5.69 Å². The summed E-state index contributed by atoms with van der Waals surface area (Å²) in [5.41, 5.74) is 6.56. The number of hydrogen-bond donors (Lipinski definition) is 2. The molecular weight excluding hydrogens is 330 g/mol. The first kappa shape index (κ1) is 20.2. The van der Waals surface area contributed by atoms with Gasteiger partial charge in [0, 0.05) is 24.7 Å². The van der Waals surface area contributed by atoms with E-state index in [1.54, 1.807) is 24.1 Å². The van der Waals surface area contributed by atoms with Gasteiger partial charge >= 0.3 is 0 Å². The lowest BCUT2D eigenvalue weighted by Crippen LogP contribution is -2.43. The van der Waals surface area contributed by atoms with Gasteiger partial charge in [0.2, 0.25) is 11.8 Å². The Morgan fingerprint density at radius 3 is 2.62 bits per heavy atom. The van der Waals surface area contributed by atoms with Gasteiger partial charge in [0.15, 0.2) is 0 Å². The summed E-state index contributed by atoms with van der Waals surface area (Å²) in [6.45, 7) is 2.98. The van der Waals surface area contributed by atoms with E-state index in [4.69, 9.17) is 10.5 Å². The van der Waals surface area contributed by atoms with Crippen LogP contribution in [0.25, 0.3) is 0 Å². The maximum atomic E-state index is 12.8. The Kier molecular flexibility index (Phi) is 7.45. The van der Waals surface area contributed by atoms with Crippen LogP contribution in [0.5, 0.6) is 5.75 Å². The van der Waals surface area contributed by atoms with Crippen molar-refractivity contribution in [1.29, 1.82) is 0 Å². The van der Waals surface area contributed by atoms with Crippen molar-refractivity contribution in [3.8, 4) is 5.75 Å². The SMILES string of the molecule is CCN(CC(=O)Nc1cccc(OC)c1)C(=O)CC1(CN)CCCCC1. The lowest BCUT2D eigenvalue weighted by atomic mass is 9.71. The van der Waals surface area contributed by atoms with Gasteiger partial charge in [0.05, 0.1) is 13.7 Å². The molecule has 0 bridgehead atoms. The van der Waals surface area contributed by atoms with E-state index in [0.717, 1.165) is 25.7 Å². The molecule has 0 radical (unpaired) electrons. The number of carbonyl (C=O) groups excluding carboxylic acids is 2. The summed E-state index contributed by atoms with van der Waals surface area (Å²) in [6.07, 6.45) is 5.92. The highest BCUT2D eigenvalue weighted by molar-refractivity contribution is 5.94. The Morgan fingerprint density at radius 1 is 1.27 bits per heavy atom. The van der Waals surface area contributed by atoms with Crippen molar-refractivity contribution < 1.29 is 14.3 Å². The number of anilines is 1. The third-order valence-corrected chi connectivity index (χ3v) is 5.30. The molecule has 0 aliphatic heterocycles. The summed E-state index contributed by atoms with van der Waals surface area (Å²) in [6, 6.07) is 7.17. The number of nitrogens with zero attached hydrogens (tertiary/aromatic N) is 1. The lowest BCUT2D eigenvalue weighted by Gasteiger charge is -2.37. The van der Waals surface area contributed by atoms with Crippen LogP contribution in [-0.4, -0.2) is 43.5 Å². The van der Waals surface area contributed by atoms with Crippen molar-refractivity contribution in [3.05, 3.63) is 24.3 Å². The first-order valence-corrected chi connectivity index (χ1v) is 9.43. The zero-order valence-electron chi connectivity index (χ0n) is 15.9. The van der Waals surface area contributed by atoms with Gasteiger partial charge in [-0.05, 0) is 43.9 Å². The number of ether oxygens (including phenoxy) is 1. The summed E-state index contributed by atoms with van der Waals surface area (Å²) in [5, 5.41) is 2.83. The van der Waals surface area contributed by atoms with Crippen molar-refractivity contribution >= 4 is 17.5 Å². The zero-order valence-corrected chi connectivity index (χ0v) is 15.9. The molecule has 1 aromatic carbocycles. The minimum atomic E-state index is -0.209. The van der Waals surface area contributed by atoms with Gasteiger partial charge in [-0.25, -0.2) is 0 Å². The molecule has 0 saturated heterocycles. The van der Waals surface area contributed by atoms with Crippen LogP contribution < -0.4 is 15.8 Å². The van der Waals surface area contributed by atoms with E-state index in [2.05, 4.69) is 5.32 Å². The molecule has 0 aromatic heterocycles. The van der Waals surface area contributed by atoms with E-state index in [9.17, 15) is 9.59 Å². The average Bonchev–Trinajstić information content (AvgIpc) is 2.66. The molecule has 0 atom stereocenters. The van der Waals surface area contributed by atoms with Crippen LogP contribution in [0.1, 0.15) is 45.4 Å². The Bertz CT molecular complexity index is 612. The molecule has 1 aliphatic carbocycles. The van der Waals surface area contributed by atoms with Crippen molar-refractivity contribution in [2.45, 2.75) is 45.4 Å². The zero-order chi connectivity index (χ0) is 19.0. The highest BCUT2D eigenvalue weighted by Gasteiger charge is 2.34. The van der Waals surface area contributed by atoms with Gasteiger partial charge in [0.1, 0.15) is 5.75 Å². The third kappa shape index (κ3) is 5.46. The van der Waals surface area contributed by atoms with Gasteiger partial charge in [-0.1, -0.05) is 25.3 Å². The summed E-state index contributed by atoms with van der Waals surface area (Å²) in [5.74, 6) is 0.480. The van der Waals surface area contributed by atoms with Gasteiger partial charge in [-0.15, -0.1) is 0 Å². The number of benzene rings is 1. The molecule has 6 nitrogen and oxygen atoms in total. The van der Waals surface area contributed by atoms with E-state index in [0.29, 0.717) is 30.9 Å². The van der Waals surface area contributed by atoms with E-state index >= 15 is 0 Å². The molecular formula is C20H31N3O3. The summed E-state index contributed by atoms with van der Waals surface area (Å²) in [4.78, 5) is 26.7. The number of nitrogens with one attached hydrogen (secondary N) is 1. The smallest absolute Gasteiger partial charge is 0.243 e. The molecule has 144 valence electrons. The lowest BCUT2D eigenvalue weighted by molar-refractivity contribution is -0.137. The summed E-state index contributed by atoms with van der Waals surface area (Å²) in [7, 11) is 1.58. The average molecular weight is 361 g/mol. The molecule has 6 heteroatoms. The molecule has 1 saturated carbocycles. The van der Waals surface area contributed by atoms with Crippen LogP contribution in [0, 0.1) is 5.41 Å². The number of methoxy groups -OCH3 is 1. The number of amides is 2. The van der Waals surface area contributed by atoms with E-state index in [-0.39, 0.29) is 23.8 Å². The first-order valence-electron chi connectivity index (χ1n) is 9.43. The van der Waals surface area contributed by atoms with Crippen LogP contribution in [-0.2, 0) is 9.59 Å². The fourth-order valence-corrected chi connectivity index (χ4v) is 3.64. The second-order valence-electron chi connectivity index (χ2n) is 7.13. The number of rotatable bonds is 8. The minimum Gasteiger partial charge on any atom is -0.497 e. The minimum absolute atomic E-state index is 0.0145. The first-order chi connectivity index (χ1) is 12.5. The van der Waals surface area contributed by atoms with Gasteiger partial charge in [0.25, 0.3) is 0 Å². The van der Waals surface area contributed by atoms with Crippen molar-refractivity contribution in [2.75, 3.05) is 32.1 Å². The molecule has 2 rings (SSSR count). The Morgan fingerprint density at radius 2 is 2.00 bits per heavy atom. The van der Waals surface area contributed by atoms with Crippen LogP contribution in [0.2, 0.25) is 0 Å². The van der Waals surface area contributed by atoms with E-state index in [1.807, 2.05) is 19.1 Å². The van der Waals surface area contributed by atoms with E-state index < -0.39 is 0 Å². The Hall–Kier alpha value is -2.08. The largest absolute Gasteiger partial charge is 0.497 e. The highest BCUT2D eigenvalue weighted by atomic mass is 16.5. The Labute approximate surface area is 156 Å². The van der Waals surface area contributed by atoms with Gasteiger partial charge in [-0.2, -0.15) is 0 Å². The standard InChI is InChI=1S/C20H31N3O3/c1-3-23(19(25)13-20(15-21)10-5-4-6-11-20)14-18(24)22-16-8-7-9-17(12-16)26-2/h7-9,12H,3-6,10-11,13-15,21H2,1-2H3,(H,22,24). The quantitative estimate of drug-likeness (QED) is 0.746. The molecule has 3 N–H and O–H groups in total. The van der Waals surface area contributed by atoms with Crippen LogP contribution in [0.15, 0.2) is 24.3 Å². The van der Waals surface area contributed by atoms with Gasteiger partial charge in [-0.3, -0.25) is 9.59 Å². The predicted molar refractivity (Wildman–Crippen MR) is 103 cm³/mol. The third-order valence-electron chi connectivity index (χ3n) is 5.30. The molecule has 26 heavy (non-hydrogen) atoms. The van der Waals surface area contributed by atoms with Crippen molar-refractivity contribution in [1.82, 2.24) is 4.90 Å². The molecule has 0 spiro atoms. The summed E-state index contributed by atoms with van der Waals surface area (Å²) >= 11 is 0. The normalized spacial score (nSPS) is 16.0. The summed E-state index contributed by atoms with van der Waals surface area (Å²) < 4.78 is 5.16. The second kappa shape index (κ2) is 9.57. The highest BCUT2D eigenvalue weighted by Crippen LogP contribution is 2.38. The monoisotopic (exact) mass is 361 g/mol. The maximum absolute atomic E-state index is 12.8. The number of hydrogen-bond acceptors (Lipinski definition) is 4. The molecule has 1 aromatic rings. The van der Waals surface area contributed by atoms with Crippen LogP contribution >= 0.6 is 0 Å². The van der Waals surface area contributed by atoms with Crippen LogP contribution in [0.3, 0.4) is 0 Å². The number of likely N-dealkylation sites (N-methyl/N-ethyl adjacent to an activating group) is 1. The van der Waals surface area contributed by atoms with Gasteiger partial charge < -0.3 is 20.7 Å². The fourth-order valence-electron chi connectivity index (χ4n) is 3.64.